The highest BCUT2D eigenvalue weighted by Crippen LogP contribution is 2.26. The minimum absolute atomic E-state index is 0. The highest BCUT2D eigenvalue weighted by molar-refractivity contribution is 6.22. The molecule has 3 aliphatic heterocycles. The van der Waals surface area contributed by atoms with Gasteiger partial charge in [0, 0.05) is 18.2 Å². The number of benzene rings is 1. The first-order valence-corrected chi connectivity index (χ1v) is 9.27. The van der Waals surface area contributed by atoms with E-state index in [9.17, 15) is 14.4 Å². The lowest BCUT2D eigenvalue weighted by Gasteiger charge is -2.23. The summed E-state index contributed by atoms with van der Waals surface area (Å²) in [6.07, 6.45) is 3.51. The Morgan fingerprint density at radius 2 is 1.89 bits per heavy atom. The SMILES string of the molecule is Cl.O=C(NC1CCNCC1)c1ccc2c(c1)C(=O)N(CC1CCCO1)C2=O. The predicted molar refractivity (Wildman–Crippen MR) is 101 cm³/mol. The maximum atomic E-state index is 12.7. The van der Waals surface area contributed by atoms with Gasteiger partial charge in [-0.3, -0.25) is 19.3 Å². The normalized spacial score (nSPS) is 22.5. The molecule has 0 aromatic heterocycles. The molecular weight excluding hydrogens is 370 g/mol. The second-order valence-corrected chi connectivity index (χ2v) is 7.11. The first kappa shape index (κ1) is 19.8. The van der Waals surface area contributed by atoms with Gasteiger partial charge in [0.2, 0.25) is 0 Å². The minimum atomic E-state index is -0.336. The molecule has 2 saturated heterocycles. The zero-order chi connectivity index (χ0) is 18.1. The standard InChI is InChI=1S/C19H23N3O4.ClH/c23-17(21-13-5-7-20-8-6-13)12-3-4-15-16(10-12)19(25)22(18(15)24)11-14-2-1-9-26-14;/h3-4,10,13-14,20H,1-2,5-9,11H2,(H,21,23);1H. The Morgan fingerprint density at radius 3 is 2.59 bits per heavy atom. The second kappa shape index (κ2) is 8.37. The lowest BCUT2D eigenvalue weighted by molar-refractivity contribution is 0.0475. The smallest absolute Gasteiger partial charge is 0.261 e. The molecule has 7 nitrogen and oxygen atoms in total. The minimum Gasteiger partial charge on any atom is -0.376 e. The van der Waals surface area contributed by atoms with Crippen LogP contribution in [0.25, 0.3) is 0 Å². The van der Waals surface area contributed by atoms with Crippen molar-refractivity contribution >= 4 is 30.1 Å². The van der Waals surface area contributed by atoms with E-state index in [1.165, 1.54) is 4.90 Å². The molecule has 3 amide bonds. The Balaban J connectivity index is 0.00000210. The van der Waals surface area contributed by atoms with Crippen molar-refractivity contribution in [2.75, 3.05) is 26.2 Å². The topological polar surface area (TPSA) is 87.7 Å². The number of piperidine rings is 1. The maximum Gasteiger partial charge on any atom is 0.261 e. The highest BCUT2D eigenvalue weighted by atomic mass is 35.5. The van der Waals surface area contributed by atoms with Gasteiger partial charge in [0.05, 0.1) is 23.8 Å². The van der Waals surface area contributed by atoms with Crippen LogP contribution in [0.3, 0.4) is 0 Å². The average molecular weight is 394 g/mol. The van der Waals surface area contributed by atoms with E-state index in [4.69, 9.17) is 4.74 Å². The summed E-state index contributed by atoms with van der Waals surface area (Å²) in [7, 11) is 0. The molecule has 8 heteroatoms. The molecule has 3 heterocycles. The van der Waals surface area contributed by atoms with Crippen LogP contribution >= 0.6 is 12.4 Å². The fourth-order valence-electron chi connectivity index (χ4n) is 3.82. The number of carbonyl (C=O) groups excluding carboxylic acids is 3. The summed E-state index contributed by atoms with van der Waals surface area (Å²) in [4.78, 5) is 38.9. The van der Waals surface area contributed by atoms with Crippen molar-refractivity contribution < 1.29 is 19.1 Å². The molecule has 146 valence electrons. The van der Waals surface area contributed by atoms with Crippen LogP contribution in [0.15, 0.2) is 18.2 Å². The number of nitrogens with zero attached hydrogens (tertiary/aromatic N) is 1. The third-order valence-electron chi connectivity index (χ3n) is 5.32. The van der Waals surface area contributed by atoms with E-state index < -0.39 is 0 Å². The van der Waals surface area contributed by atoms with Gasteiger partial charge >= 0.3 is 0 Å². The van der Waals surface area contributed by atoms with Gasteiger partial charge in [-0.1, -0.05) is 0 Å². The molecule has 1 aromatic rings. The summed E-state index contributed by atoms with van der Waals surface area (Å²) in [6, 6.07) is 4.89. The molecule has 4 rings (SSSR count). The van der Waals surface area contributed by atoms with E-state index in [1.807, 2.05) is 0 Å². The number of carbonyl (C=O) groups is 3. The summed E-state index contributed by atoms with van der Waals surface area (Å²) in [6.45, 7) is 2.73. The van der Waals surface area contributed by atoms with E-state index >= 15 is 0 Å². The van der Waals surface area contributed by atoms with Crippen LogP contribution in [0, 0.1) is 0 Å². The summed E-state index contributed by atoms with van der Waals surface area (Å²) in [5.74, 6) is -0.833. The zero-order valence-corrected chi connectivity index (χ0v) is 15.8. The number of hydrogen-bond acceptors (Lipinski definition) is 5. The number of fused-ring (bicyclic) bond motifs is 1. The molecule has 2 N–H and O–H groups in total. The molecule has 0 spiro atoms. The number of halogens is 1. The molecule has 0 bridgehead atoms. The Bertz CT molecular complexity index is 742. The van der Waals surface area contributed by atoms with Crippen molar-refractivity contribution in [2.24, 2.45) is 0 Å². The number of nitrogens with one attached hydrogen (secondary N) is 2. The Kier molecular flexibility index (Phi) is 6.14. The molecule has 1 atom stereocenters. The molecule has 3 aliphatic rings. The quantitative estimate of drug-likeness (QED) is 0.754. The molecular formula is C19H24ClN3O4. The van der Waals surface area contributed by atoms with Gasteiger partial charge in [-0.25, -0.2) is 0 Å². The van der Waals surface area contributed by atoms with Crippen LogP contribution in [0.5, 0.6) is 0 Å². The van der Waals surface area contributed by atoms with Crippen molar-refractivity contribution in [3.05, 3.63) is 34.9 Å². The number of amides is 3. The van der Waals surface area contributed by atoms with E-state index in [0.717, 1.165) is 38.8 Å². The predicted octanol–water partition coefficient (Wildman–Crippen LogP) is 1.37. The molecule has 0 radical (unpaired) electrons. The first-order valence-electron chi connectivity index (χ1n) is 9.27. The monoisotopic (exact) mass is 393 g/mol. The lowest BCUT2D eigenvalue weighted by Crippen LogP contribution is -2.42. The van der Waals surface area contributed by atoms with Crippen molar-refractivity contribution in [1.82, 2.24) is 15.5 Å². The van der Waals surface area contributed by atoms with Crippen LogP contribution in [-0.2, 0) is 4.74 Å². The van der Waals surface area contributed by atoms with Gasteiger partial charge in [0.15, 0.2) is 0 Å². The fraction of sp³-hybridized carbons (Fsp3) is 0.526. The molecule has 2 fully saturated rings. The van der Waals surface area contributed by atoms with Crippen molar-refractivity contribution in [1.29, 1.82) is 0 Å². The van der Waals surface area contributed by atoms with Crippen LogP contribution in [-0.4, -0.2) is 61.0 Å². The Labute approximate surface area is 164 Å². The van der Waals surface area contributed by atoms with Gasteiger partial charge in [-0.15, -0.1) is 12.4 Å². The summed E-state index contributed by atoms with van der Waals surface area (Å²) < 4.78 is 5.54. The lowest BCUT2D eigenvalue weighted by atomic mass is 10.0. The van der Waals surface area contributed by atoms with Crippen molar-refractivity contribution in [3.63, 3.8) is 0 Å². The third-order valence-corrected chi connectivity index (χ3v) is 5.32. The number of imide groups is 1. The molecule has 0 aliphatic carbocycles. The third kappa shape index (κ3) is 4.00. The summed E-state index contributed by atoms with van der Waals surface area (Å²) in [5, 5.41) is 6.27. The Morgan fingerprint density at radius 1 is 1.15 bits per heavy atom. The van der Waals surface area contributed by atoms with Crippen LogP contribution in [0.2, 0.25) is 0 Å². The van der Waals surface area contributed by atoms with Gasteiger partial charge in [-0.05, 0) is 57.0 Å². The highest BCUT2D eigenvalue weighted by Gasteiger charge is 2.38. The van der Waals surface area contributed by atoms with Crippen LogP contribution in [0.4, 0.5) is 0 Å². The molecule has 0 saturated carbocycles. The second-order valence-electron chi connectivity index (χ2n) is 7.11. The number of rotatable bonds is 4. The summed E-state index contributed by atoms with van der Waals surface area (Å²) in [5.41, 5.74) is 1.10. The molecule has 1 unspecified atom stereocenters. The average Bonchev–Trinajstić information content (AvgIpc) is 3.25. The molecule has 27 heavy (non-hydrogen) atoms. The summed E-state index contributed by atoms with van der Waals surface area (Å²) >= 11 is 0. The largest absolute Gasteiger partial charge is 0.376 e. The number of hydrogen-bond donors (Lipinski definition) is 2. The van der Waals surface area contributed by atoms with Gasteiger partial charge in [0.1, 0.15) is 0 Å². The van der Waals surface area contributed by atoms with Crippen molar-refractivity contribution in [3.8, 4) is 0 Å². The van der Waals surface area contributed by atoms with Gasteiger partial charge < -0.3 is 15.4 Å². The van der Waals surface area contributed by atoms with Crippen LogP contribution < -0.4 is 10.6 Å². The Hall–Kier alpha value is -1.96. The van der Waals surface area contributed by atoms with E-state index in [2.05, 4.69) is 10.6 Å². The maximum absolute atomic E-state index is 12.7. The van der Waals surface area contributed by atoms with E-state index in [-0.39, 0.29) is 48.8 Å². The first-order chi connectivity index (χ1) is 12.6. The van der Waals surface area contributed by atoms with Crippen molar-refractivity contribution in [2.45, 2.75) is 37.8 Å². The number of ether oxygens (including phenoxy) is 1. The van der Waals surface area contributed by atoms with E-state index in [1.54, 1.807) is 18.2 Å². The van der Waals surface area contributed by atoms with Crippen LogP contribution in [0.1, 0.15) is 56.8 Å². The van der Waals surface area contributed by atoms with E-state index in [0.29, 0.717) is 23.3 Å². The van der Waals surface area contributed by atoms with Gasteiger partial charge in [0.25, 0.3) is 17.7 Å². The van der Waals surface area contributed by atoms with Gasteiger partial charge in [-0.2, -0.15) is 0 Å². The fourth-order valence-corrected chi connectivity index (χ4v) is 3.82. The zero-order valence-electron chi connectivity index (χ0n) is 15.0. The molecule has 1 aromatic carbocycles.